The molecule has 9 heteroatoms. The Hall–Kier alpha value is -1.02. The molecule has 63 heavy (non-hydrogen) atoms. The monoisotopic (exact) mass is 912 g/mol. The van der Waals surface area contributed by atoms with Crippen LogP contribution < -0.4 is 5.32 Å². The van der Waals surface area contributed by atoms with Gasteiger partial charge in [0.1, 0.15) is 13.2 Å². The number of allylic oxidation sites excluding steroid dienone is 3. The Balaban J connectivity index is 4.25. The number of nitrogens with zero attached hydrogens (tertiary/aromatic N) is 1. The zero-order valence-corrected chi connectivity index (χ0v) is 43.5. The van der Waals surface area contributed by atoms with Crippen LogP contribution in [0.25, 0.3) is 0 Å². The average Bonchev–Trinajstić information content (AvgIpc) is 3.24. The second-order valence-electron chi connectivity index (χ2n) is 20.0. The summed E-state index contributed by atoms with van der Waals surface area (Å²) in [5.41, 5.74) is 0. The van der Waals surface area contributed by atoms with Crippen LogP contribution in [0.2, 0.25) is 0 Å². The fourth-order valence-electron chi connectivity index (χ4n) is 8.12. The van der Waals surface area contributed by atoms with Crippen molar-refractivity contribution in [1.29, 1.82) is 0 Å². The minimum Gasteiger partial charge on any atom is -0.387 e. The van der Waals surface area contributed by atoms with Crippen LogP contribution in [0.15, 0.2) is 24.3 Å². The summed E-state index contributed by atoms with van der Waals surface area (Å²) in [5, 5.41) is 13.9. The fourth-order valence-corrected chi connectivity index (χ4v) is 8.85. The van der Waals surface area contributed by atoms with Gasteiger partial charge in [0.05, 0.1) is 39.9 Å². The number of amides is 1. The predicted molar refractivity (Wildman–Crippen MR) is 272 cm³/mol. The van der Waals surface area contributed by atoms with Crippen molar-refractivity contribution in [1.82, 2.24) is 5.32 Å². The van der Waals surface area contributed by atoms with Crippen molar-refractivity contribution in [2.45, 2.75) is 276 Å². The number of carbonyl (C=O) groups is 1. The van der Waals surface area contributed by atoms with Crippen LogP contribution in [0, 0.1) is 0 Å². The summed E-state index contributed by atoms with van der Waals surface area (Å²) in [7, 11) is 1.57. The first-order valence-electron chi connectivity index (χ1n) is 27.2. The van der Waals surface area contributed by atoms with Crippen LogP contribution in [-0.2, 0) is 18.4 Å². The number of hydrogen-bond donors (Lipinski definition) is 3. The Bertz CT molecular complexity index is 1080. The van der Waals surface area contributed by atoms with Crippen LogP contribution >= 0.6 is 7.82 Å². The van der Waals surface area contributed by atoms with Gasteiger partial charge in [0.15, 0.2) is 0 Å². The minimum absolute atomic E-state index is 0.0587. The summed E-state index contributed by atoms with van der Waals surface area (Å²) < 4.78 is 23.7. The van der Waals surface area contributed by atoms with E-state index in [1.807, 2.05) is 27.2 Å². The molecule has 1 amide bonds. The van der Waals surface area contributed by atoms with Gasteiger partial charge in [-0.2, -0.15) is 0 Å². The Kier molecular flexibility index (Phi) is 45.4. The molecule has 0 aliphatic heterocycles. The maximum Gasteiger partial charge on any atom is 0.472 e. The van der Waals surface area contributed by atoms with E-state index in [1.54, 1.807) is 6.08 Å². The standard InChI is InChI=1S/C54H107N2O6P/c1-6-8-10-12-14-16-18-20-22-24-26-27-28-29-30-32-34-36-38-40-42-44-46-48-54(58)55-52(51-62-63(59,60)61-50-49-56(3,4)5)53(57)47-45-43-41-39-37-35-33-31-25-23-21-19-17-15-13-11-9-7-2/h37,39,45,47,52-53,57H,6-36,38,40-44,46,48-51H2,1-5H3,(H-,55,58,59,60)/p+1/b39-37+,47-45+. The van der Waals surface area contributed by atoms with Gasteiger partial charge in [-0.25, -0.2) is 4.57 Å². The van der Waals surface area contributed by atoms with Crippen LogP contribution in [0.3, 0.4) is 0 Å². The number of carbonyl (C=O) groups excluding carboxylic acids is 1. The highest BCUT2D eigenvalue weighted by Crippen LogP contribution is 2.43. The molecular formula is C54H108N2O6P+. The largest absolute Gasteiger partial charge is 0.472 e. The van der Waals surface area contributed by atoms with Crippen molar-refractivity contribution in [3.05, 3.63) is 24.3 Å². The van der Waals surface area contributed by atoms with E-state index in [0.717, 1.165) is 38.5 Å². The van der Waals surface area contributed by atoms with E-state index in [9.17, 15) is 19.4 Å². The molecule has 0 radical (unpaired) electrons. The van der Waals surface area contributed by atoms with Gasteiger partial charge in [-0.15, -0.1) is 0 Å². The topological polar surface area (TPSA) is 105 Å². The van der Waals surface area contributed by atoms with Gasteiger partial charge in [-0.1, -0.05) is 250 Å². The number of aliphatic hydroxyl groups is 1. The third kappa shape index (κ3) is 48.7. The number of rotatable bonds is 50. The molecule has 0 heterocycles. The molecule has 0 spiro atoms. The number of phosphoric acid groups is 1. The van der Waals surface area contributed by atoms with Crippen molar-refractivity contribution < 1.29 is 32.9 Å². The first kappa shape index (κ1) is 62.0. The van der Waals surface area contributed by atoms with Crippen LogP contribution in [0.4, 0.5) is 0 Å². The van der Waals surface area contributed by atoms with Gasteiger partial charge in [-0.3, -0.25) is 13.8 Å². The van der Waals surface area contributed by atoms with E-state index in [0.29, 0.717) is 17.4 Å². The van der Waals surface area contributed by atoms with Gasteiger partial charge < -0.3 is 19.8 Å². The Morgan fingerprint density at radius 2 is 0.873 bits per heavy atom. The molecule has 0 aromatic heterocycles. The molecule has 0 aliphatic rings. The van der Waals surface area contributed by atoms with Gasteiger partial charge in [0.25, 0.3) is 0 Å². The van der Waals surface area contributed by atoms with E-state index in [1.165, 1.54) is 205 Å². The first-order chi connectivity index (χ1) is 30.5. The quantitative estimate of drug-likeness (QED) is 0.0243. The lowest BCUT2D eigenvalue weighted by Gasteiger charge is -2.25. The molecule has 8 nitrogen and oxygen atoms in total. The second-order valence-corrected chi connectivity index (χ2v) is 21.4. The van der Waals surface area contributed by atoms with E-state index >= 15 is 0 Å². The molecule has 3 N–H and O–H groups in total. The lowest BCUT2D eigenvalue weighted by Crippen LogP contribution is -2.45. The SMILES string of the molecule is CCCCCCCCCCCCCC/C=C/CC/C=C/C(O)C(COP(=O)(O)OCC[N+](C)(C)C)NC(=O)CCCCCCCCCCCCCCCCCCCCCCCCC. The maximum atomic E-state index is 12.9. The average molecular weight is 912 g/mol. The van der Waals surface area contributed by atoms with Gasteiger partial charge in [0.2, 0.25) is 5.91 Å². The predicted octanol–water partition coefficient (Wildman–Crippen LogP) is 16.0. The second kappa shape index (κ2) is 46.1. The molecule has 3 unspecified atom stereocenters. The number of aliphatic hydroxyl groups excluding tert-OH is 1. The van der Waals surface area contributed by atoms with E-state index in [-0.39, 0.29) is 19.1 Å². The van der Waals surface area contributed by atoms with Crippen LogP contribution in [0.5, 0.6) is 0 Å². The summed E-state index contributed by atoms with van der Waals surface area (Å²) in [6.07, 6.45) is 57.0. The molecular weight excluding hydrogens is 804 g/mol. The summed E-state index contributed by atoms with van der Waals surface area (Å²) in [4.78, 5) is 23.2. The number of likely N-dealkylation sites (N-methyl/N-ethyl adjacent to an activating group) is 1. The smallest absolute Gasteiger partial charge is 0.387 e. The summed E-state index contributed by atoms with van der Waals surface area (Å²) in [6.45, 7) is 4.83. The summed E-state index contributed by atoms with van der Waals surface area (Å²) in [6, 6.07) is -0.859. The molecule has 0 fully saturated rings. The molecule has 0 aromatic rings. The highest BCUT2D eigenvalue weighted by atomic mass is 31.2. The van der Waals surface area contributed by atoms with Crippen LogP contribution in [-0.4, -0.2) is 73.4 Å². The van der Waals surface area contributed by atoms with Crippen molar-refractivity contribution in [2.24, 2.45) is 0 Å². The molecule has 0 saturated heterocycles. The number of nitrogens with one attached hydrogen (secondary N) is 1. The third-order valence-corrected chi connectivity index (χ3v) is 13.4. The summed E-state index contributed by atoms with van der Waals surface area (Å²) >= 11 is 0. The van der Waals surface area contributed by atoms with E-state index in [2.05, 4.69) is 31.3 Å². The zero-order chi connectivity index (χ0) is 46.4. The normalized spacial score (nSPS) is 14.2. The molecule has 0 rings (SSSR count). The molecule has 374 valence electrons. The lowest BCUT2D eigenvalue weighted by atomic mass is 10.0. The number of unbranched alkanes of at least 4 members (excludes halogenated alkanes) is 35. The van der Waals surface area contributed by atoms with Crippen LogP contribution in [0.1, 0.15) is 264 Å². The minimum atomic E-state index is -4.35. The molecule has 0 bridgehead atoms. The van der Waals surface area contributed by atoms with Crippen molar-refractivity contribution in [3.8, 4) is 0 Å². The lowest BCUT2D eigenvalue weighted by molar-refractivity contribution is -0.870. The Labute approximate surface area is 392 Å². The highest BCUT2D eigenvalue weighted by molar-refractivity contribution is 7.47. The van der Waals surface area contributed by atoms with E-state index < -0.39 is 20.0 Å². The Morgan fingerprint density at radius 1 is 0.524 bits per heavy atom. The number of quaternary nitrogens is 1. The van der Waals surface area contributed by atoms with Crippen molar-refractivity contribution in [2.75, 3.05) is 40.9 Å². The van der Waals surface area contributed by atoms with Gasteiger partial charge in [-0.05, 0) is 32.1 Å². The van der Waals surface area contributed by atoms with E-state index in [4.69, 9.17) is 9.05 Å². The fraction of sp³-hybridized carbons (Fsp3) is 0.907. The van der Waals surface area contributed by atoms with Crippen molar-refractivity contribution in [3.63, 3.8) is 0 Å². The van der Waals surface area contributed by atoms with Crippen molar-refractivity contribution >= 4 is 13.7 Å². The molecule has 3 atom stereocenters. The Morgan fingerprint density at radius 3 is 1.27 bits per heavy atom. The highest BCUT2D eigenvalue weighted by Gasteiger charge is 2.27. The third-order valence-electron chi connectivity index (χ3n) is 12.4. The first-order valence-corrected chi connectivity index (χ1v) is 28.7. The molecule has 0 aliphatic carbocycles. The number of phosphoric ester groups is 1. The summed E-state index contributed by atoms with van der Waals surface area (Å²) in [5.74, 6) is -0.181. The maximum absolute atomic E-state index is 12.9. The van der Waals surface area contributed by atoms with Gasteiger partial charge in [0, 0.05) is 6.42 Å². The molecule has 0 aromatic carbocycles. The zero-order valence-electron chi connectivity index (χ0n) is 42.6. The van der Waals surface area contributed by atoms with Gasteiger partial charge >= 0.3 is 7.82 Å². The molecule has 0 saturated carbocycles. The number of hydrogen-bond acceptors (Lipinski definition) is 5.